The maximum atomic E-state index is 14.6. The number of Topliss-reactive ketones (excluding diaryl/α,β-unsaturated/α-hetero) is 1. The van der Waals surface area contributed by atoms with Crippen LogP contribution in [0, 0.1) is 22.7 Å². The summed E-state index contributed by atoms with van der Waals surface area (Å²) in [7, 11) is 0. The number of hydrogen-bond acceptors (Lipinski definition) is 13. The second-order valence-electron chi connectivity index (χ2n) is 15.9. The number of aliphatic hydroxyl groups is 5. The van der Waals surface area contributed by atoms with Gasteiger partial charge in [0.1, 0.15) is 29.5 Å². The molecule has 2 bridgehead atoms. The van der Waals surface area contributed by atoms with E-state index in [-0.39, 0.29) is 35.7 Å². The van der Waals surface area contributed by atoms with Crippen molar-refractivity contribution in [1.82, 2.24) is 5.32 Å². The number of esters is 2. The smallest absolute Gasteiger partial charge is 0.407 e. The van der Waals surface area contributed by atoms with Crippen molar-refractivity contribution >= 4 is 23.8 Å². The molecule has 4 fully saturated rings. The third-order valence-electron chi connectivity index (χ3n) is 12.2. The molecule has 5 aliphatic rings. The van der Waals surface area contributed by atoms with Crippen LogP contribution in [0.25, 0.3) is 0 Å². The van der Waals surface area contributed by atoms with E-state index in [0.717, 1.165) is 0 Å². The van der Waals surface area contributed by atoms with Gasteiger partial charge in [-0.15, -0.1) is 0 Å². The molecule has 3 saturated carbocycles. The third kappa shape index (κ3) is 5.88. The molecule has 1 aromatic rings. The Morgan fingerprint density at radius 2 is 1.67 bits per heavy atom. The molecule has 11 atom stereocenters. The minimum atomic E-state index is -2.27. The van der Waals surface area contributed by atoms with Gasteiger partial charge >= 0.3 is 18.0 Å². The number of alkyl carbamates (subject to hydrolysis) is 1. The Labute approximate surface area is 296 Å². The fourth-order valence-electron chi connectivity index (χ4n) is 9.03. The van der Waals surface area contributed by atoms with Gasteiger partial charge in [0.2, 0.25) is 0 Å². The van der Waals surface area contributed by atoms with Gasteiger partial charge in [0.15, 0.2) is 11.9 Å². The number of fused-ring (bicyclic) bond motifs is 5. The Hall–Kier alpha value is -3.40. The van der Waals surface area contributed by atoms with E-state index in [0.29, 0.717) is 12.8 Å². The van der Waals surface area contributed by atoms with Crippen molar-refractivity contribution in [2.24, 2.45) is 22.7 Å². The molecule has 6 N–H and O–H groups in total. The molecule has 0 radical (unpaired) electrons. The van der Waals surface area contributed by atoms with Gasteiger partial charge in [-0.25, -0.2) is 14.4 Å². The number of amides is 1. The Balaban J connectivity index is 1.44. The second kappa shape index (κ2) is 12.9. The SMILES string of the molecule is CC1=C2[C@@H](O)C(=O)[C@@]3(C)[C@H]([C@H](OC(=O)c4ccccc4)[C@](O)(CC1OC(=O)[C@H](O)[C@@H](NC(=O)OC(C)C)C1CC1)C2(C)C)[C@]1(O)CO[C@@H]1C[C@@H]3O. The topological polar surface area (TPSA) is 218 Å². The molecule has 1 unspecified atom stereocenters. The van der Waals surface area contributed by atoms with Crippen LogP contribution >= 0.6 is 0 Å². The lowest BCUT2D eigenvalue weighted by atomic mass is 9.44. The molecular formula is C37H49NO13. The lowest BCUT2D eigenvalue weighted by molar-refractivity contribution is -0.343. The lowest BCUT2D eigenvalue weighted by Gasteiger charge is -2.66. The van der Waals surface area contributed by atoms with Crippen molar-refractivity contribution in [3.63, 3.8) is 0 Å². The fourth-order valence-corrected chi connectivity index (χ4v) is 9.03. The summed E-state index contributed by atoms with van der Waals surface area (Å²) in [4.78, 5) is 54.5. The zero-order valence-corrected chi connectivity index (χ0v) is 29.7. The van der Waals surface area contributed by atoms with Gasteiger partial charge in [0.25, 0.3) is 0 Å². The quantitative estimate of drug-likeness (QED) is 0.127. The summed E-state index contributed by atoms with van der Waals surface area (Å²) < 4.78 is 22.8. The van der Waals surface area contributed by atoms with E-state index in [9.17, 15) is 44.7 Å². The number of ketones is 1. The molecular weight excluding hydrogens is 666 g/mol. The number of carbonyl (C=O) groups excluding carboxylic acids is 4. The van der Waals surface area contributed by atoms with Crippen LogP contribution in [0.2, 0.25) is 0 Å². The summed E-state index contributed by atoms with van der Waals surface area (Å²) >= 11 is 0. The van der Waals surface area contributed by atoms with E-state index in [1.165, 1.54) is 26.0 Å². The molecule has 1 saturated heterocycles. The van der Waals surface area contributed by atoms with Gasteiger partial charge < -0.3 is 49.8 Å². The van der Waals surface area contributed by atoms with Gasteiger partial charge in [0, 0.05) is 24.2 Å². The first-order chi connectivity index (χ1) is 23.8. The molecule has 280 valence electrons. The highest BCUT2D eigenvalue weighted by Crippen LogP contribution is 2.63. The Bertz CT molecular complexity index is 1610. The predicted octanol–water partition coefficient (Wildman–Crippen LogP) is 1.34. The number of hydrogen-bond donors (Lipinski definition) is 6. The van der Waals surface area contributed by atoms with Crippen molar-refractivity contribution in [2.45, 2.75) is 127 Å². The Kier molecular flexibility index (Phi) is 9.46. The zero-order valence-electron chi connectivity index (χ0n) is 29.7. The molecule has 1 aliphatic heterocycles. The second-order valence-corrected chi connectivity index (χ2v) is 15.9. The van der Waals surface area contributed by atoms with Crippen molar-refractivity contribution in [1.29, 1.82) is 0 Å². The van der Waals surface area contributed by atoms with E-state index in [2.05, 4.69) is 5.32 Å². The van der Waals surface area contributed by atoms with E-state index in [1.807, 2.05) is 0 Å². The number of rotatable bonds is 8. The fraction of sp³-hybridized carbons (Fsp3) is 0.676. The first-order valence-corrected chi connectivity index (χ1v) is 17.6. The average Bonchev–Trinajstić information content (AvgIpc) is 3.91. The molecule has 51 heavy (non-hydrogen) atoms. The first kappa shape index (κ1) is 37.4. The van der Waals surface area contributed by atoms with E-state index in [4.69, 9.17) is 18.9 Å². The summed E-state index contributed by atoms with van der Waals surface area (Å²) in [5.74, 6) is -4.62. The summed E-state index contributed by atoms with van der Waals surface area (Å²) in [6.07, 6.45) is -9.93. The van der Waals surface area contributed by atoms with E-state index < -0.39 is 107 Å². The third-order valence-corrected chi connectivity index (χ3v) is 12.2. The zero-order chi connectivity index (χ0) is 37.4. The summed E-state index contributed by atoms with van der Waals surface area (Å²) in [6.45, 7) is 9.05. The maximum absolute atomic E-state index is 14.6. The lowest BCUT2D eigenvalue weighted by Crippen LogP contribution is -2.81. The molecule has 14 heteroatoms. The van der Waals surface area contributed by atoms with Crippen LogP contribution in [0.3, 0.4) is 0 Å². The molecule has 0 spiro atoms. The van der Waals surface area contributed by atoms with Crippen molar-refractivity contribution in [3.8, 4) is 0 Å². The monoisotopic (exact) mass is 715 g/mol. The van der Waals surface area contributed by atoms with Crippen LogP contribution in [0.1, 0.15) is 77.6 Å². The van der Waals surface area contributed by atoms with Crippen LogP contribution in [-0.4, -0.2) is 116 Å². The van der Waals surface area contributed by atoms with E-state index >= 15 is 0 Å². The van der Waals surface area contributed by atoms with Crippen LogP contribution in [0.4, 0.5) is 4.79 Å². The number of nitrogens with one attached hydrogen (secondary N) is 1. The Morgan fingerprint density at radius 1 is 1.02 bits per heavy atom. The highest BCUT2D eigenvalue weighted by atomic mass is 16.6. The van der Waals surface area contributed by atoms with Gasteiger partial charge in [0.05, 0.1) is 41.9 Å². The van der Waals surface area contributed by atoms with Crippen molar-refractivity contribution in [3.05, 3.63) is 47.0 Å². The van der Waals surface area contributed by atoms with Crippen molar-refractivity contribution < 1.29 is 63.7 Å². The highest BCUT2D eigenvalue weighted by Gasteiger charge is 2.76. The van der Waals surface area contributed by atoms with Gasteiger partial charge in [-0.1, -0.05) is 32.0 Å². The maximum Gasteiger partial charge on any atom is 0.407 e. The molecule has 1 heterocycles. The van der Waals surface area contributed by atoms with Crippen LogP contribution in [-0.2, 0) is 28.5 Å². The minimum Gasteiger partial charge on any atom is -0.456 e. The molecule has 6 rings (SSSR count). The van der Waals surface area contributed by atoms with Crippen LogP contribution in [0.15, 0.2) is 41.5 Å². The van der Waals surface area contributed by atoms with Crippen LogP contribution in [0.5, 0.6) is 0 Å². The normalized spacial score (nSPS) is 38.2. The molecule has 1 amide bonds. The predicted molar refractivity (Wildman–Crippen MR) is 177 cm³/mol. The molecule has 14 nitrogen and oxygen atoms in total. The van der Waals surface area contributed by atoms with Gasteiger partial charge in [-0.2, -0.15) is 0 Å². The summed E-state index contributed by atoms with van der Waals surface area (Å²) in [5, 5.41) is 62.6. The Morgan fingerprint density at radius 3 is 2.24 bits per heavy atom. The summed E-state index contributed by atoms with van der Waals surface area (Å²) in [5.41, 5.74) is -7.34. The number of ether oxygens (including phenoxy) is 4. The van der Waals surface area contributed by atoms with E-state index in [1.54, 1.807) is 45.9 Å². The van der Waals surface area contributed by atoms with Crippen LogP contribution < -0.4 is 5.32 Å². The largest absolute Gasteiger partial charge is 0.456 e. The number of benzene rings is 1. The molecule has 0 aromatic heterocycles. The van der Waals surface area contributed by atoms with Crippen molar-refractivity contribution in [2.75, 3.05) is 6.61 Å². The standard InChI is InChI=1S/C37H49NO13/c1-17(2)49-33(45)38-25(19-12-13-19)27(41)32(44)50-21-15-37(47)30(51-31(43)20-10-8-7-9-11-20)28-35(6,22(39)14-23-36(28,46)16-48-23)29(42)26(40)24(18(21)3)34(37,4)5/h7-11,17,19,21-23,25-28,30,39-41,46-47H,12-16H2,1-6H3,(H,38,45)/t21?,22-,23+,25-,26+,27+,28-,30-,35+,36-,37+/m0/s1. The average molecular weight is 716 g/mol. The highest BCUT2D eigenvalue weighted by molar-refractivity contribution is 5.94. The summed E-state index contributed by atoms with van der Waals surface area (Å²) in [6, 6.07) is 6.88. The van der Waals surface area contributed by atoms with Gasteiger partial charge in [-0.3, -0.25) is 4.79 Å². The molecule has 4 aliphatic carbocycles. The first-order valence-electron chi connectivity index (χ1n) is 17.6. The molecule has 1 aromatic carbocycles. The van der Waals surface area contributed by atoms with Gasteiger partial charge in [-0.05, 0) is 69.7 Å². The minimum absolute atomic E-state index is 0.0162. The number of aliphatic hydroxyl groups excluding tert-OH is 3. The number of carbonyl (C=O) groups is 4.